The molecule has 3 aromatic heterocycles. The van der Waals surface area contributed by atoms with E-state index in [0.717, 1.165) is 89.9 Å². The molecule has 268 valence electrons. The summed E-state index contributed by atoms with van der Waals surface area (Å²) in [6.07, 6.45) is 7.50. The number of pyridine rings is 2. The number of carbonyl (C=O) groups excluding carboxylic acids is 2. The lowest BCUT2D eigenvalue weighted by Gasteiger charge is -2.25. The number of likely N-dealkylation sites (tertiary alicyclic amines) is 1. The van der Waals surface area contributed by atoms with E-state index in [1.165, 1.54) is 0 Å². The average Bonchev–Trinajstić information content (AvgIpc) is 3.89. The summed E-state index contributed by atoms with van der Waals surface area (Å²) < 4.78 is 1.91. The monoisotopic (exact) mass is 719 g/mol. The molecule has 13 heteroatoms. The molecule has 2 fully saturated rings. The molecule has 0 aliphatic carbocycles. The Hall–Kier alpha value is -4.88. The van der Waals surface area contributed by atoms with E-state index in [1.807, 2.05) is 60.3 Å². The molecule has 0 bridgehead atoms. The highest BCUT2D eigenvalue weighted by Gasteiger charge is 2.27. The normalized spacial score (nSPS) is 20.2. The van der Waals surface area contributed by atoms with Gasteiger partial charge in [0.1, 0.15) is 5.52 Å². The van der Waals surface area contributed by atoms with Crippen LogP contribution < -0.4 is 21.3 Å². The van der Waals surface area contributed by atoms with Gasteiger partial charge in [-0.1, -0.05) is 35.9 Å². The molecule has 8 rings (SSSR count). The Morgan fingerprint density at radius 1 is 1.04 bits per heavy atom. The van der Waals surface area contributed by atoms with E-state index in [4.69, 9.17) is 16.6 Å². The number of benzene rings is 2. The zero-order valence-corrected chi connectivity index (χ0v) is 29.8. The number of carbonyl (C=O) groups is 2. The number of rotatable bonds is 10. The van der Waals surface area contributed by atoms with Crippen LogP contribution in [0.25, 0.3) is 22.0 Å². The topological polar surface area (TPSA) is 149 Å². The molecule has 12 nitrogen and oxygen atoms in total. The molecule has 5 N–H and O–H groups in total. The van der Waals surface area contributed by atoms with Gasteiger partial charge in [0.25, 0.3) is 5.91 Å². The van der Waals surface area contributed by atoms with Gasteiger partial charge >= 0.3 is 0 Å². The molecule has 3 aliphatic heterocycles. The van der Waals surface area contributed by atoms with Crippen LogP contribution in [0.15, 0.2) is 67.0 Å². The summed E-state index contributed by atoms with van der Waals surface area (Å²) in [7, 11) is 0. The Morgan fingerprint density at radius 3 is 2.69 bits per heavy atom. The molecular weight excluding hydrogens is 678 g/mol. The number of aliphatic hydroxyl groups excluding tert-OH is 1. The number of amides is 2. The molecule has 0 radical (unpaired) electrons. The van der Waals surface area contributed by atoms with E-state index in [9.17, 15) is 14.7 Å². The number of aryl methyl sites for hydroxylation is 1. The second-order valence-electron chi connectivity index (χ2n) is 14.1. The average molecular weight is 720 g/mol. The fourth-order valence-corrected chi connectivity index (χ4v) is 7.90. The lowest BCUT2D eigenvalue weighted by Crippen LogP contribution is -2.38. The highest BCUT2D eigenvalue weighted by molar-refractivity contribution is 6.36. The largest absolute Gasteiger partial charge is 0.392 e. The number of hydrogen-bond acceptors (Lipinski definition) is 9. The minimum atomic E-state index is -0.328. The number of hydrogen-bond donors (Lipinski definition) is 5. The third-order valence-electron chi connectivity index (χ3n) is 10.4. The second kappa shape index (κ2) is 14.6. The Balaban J connectivity index is 0.982. The molecule has 3 aliphatic rings. The molecule has 2 saturated heterocycles. The highest BCUT2D eigenvalue weighted by atomic mass is 35.5. The van der Waals surface area contributed by atoms with Crippen molar-refractivity contribution >= 4 is 51.5 Å². The number of aliphatic hydroxyl groups is 1. The summed E-state index contributed by atoms with van der Waals surface area (Å²) >= 11 is 7.02. The van der Waals surface area contributed by atoms with Gasteiger partial charge in [-0.2, -0.15) is 5.10 Å². The van der Waals surface area contributed by atoms with Gasteiger partial charge in [0.05, 0.1) is 22.5 Å². The molecular formula is C39H42ClN9O3. The van der Waals surface area contributed by atoms with Gasteiger partial charge in [-0.25, -0.2) is 4.98 Å². The number of fused-ring (bicyclic) bond motifs is 2. The Bertz CT molecular complexity index is 2150. The van der Waals surface area contributed by atoms with Crippen LogP contribution in [0.1, 0.15) is 65.5 Å². The standard InChI is InChI=1S/C39H42ClN9O3/c1-23-28(5-2-7-30(23)45-38-37-25(12-14-41-38)17-24(19-43-37)21-48-16-13-27(50)22-48)29-6-3-8-32(36(29)40)46-39(52)33-18-34-31(9-4-15-49(34)47-33)42-20-26-10-11-35(51)44-26/h2-3,5-8,12,14,17-19,26-27,31,42,50H,4,9-11,13,15-16,20-22H2,1H3,(H,41,45)(H,44,51)(H,46,52)/t26-,27+,31?/m0/s1. The quantitative estimate of drug-likeness (QED) is 0.122. The van der Waals surface area contributed by atoms with Crippen LogP contribution in [-0.2, 0) is 17.9 Å². The lowest BCUT2D eigenvalue weighted by atomic mass is 9.98. The van der Waals surface area contributed by atoms with E-state index in [0.29, 0.717) is 41.7 Å². The van der Waals surface area contributed by atoms with Crippen LogP contribution >= 0.6 is 11.6 Å². The summed E-state index contributed by atoms with van der Waals surface area (Å²) in [5, 5.41) is 29.1. The predicted octanol–water partition coefficient (Wildman–Crippen LogP) is 5.72. The zero-order valence-electron chi connectivity index (χ0n) is 29.0. The van der Waals surface area contributed by atoms with Crippen LogP contribution in [0.5, 0.6) is 0 Å². The third-order valence-corrected chi connectivity index (χ3v) is 10.8. The number of nitrogens with zero attached hydrogens (tertiary/aromatic N) is 5. The summed E-state index contributed by atoms with van der Waals surface area (Å²) in [4.78, 5) is 36.8. The van der Waals surface area contributed by atoms with Crippen molar-refractivity contribution in [2.24, 2.45) is 0 Å². The van der Waals surface area contributed by atoms with Crippen molar-refractivity contribution in [2.75, 3.05) is 30.3 Å². The number of aromatic nitrogens is 4. The third kappa shape index (κ3) is 7.11. The van der Waals surface area contributed by atoms with Gasteiger partial charge < -0.3 is 26.4 Å². The van der Waals surface area contributed by atoms with Crippen molar-refractivity contribution in [1.82, 2.24) is 35.3 Å². The minimum absolute atomic E-state index is 0.0593. The van der Waals surface area contributed by atoms with Gasteiger partial charge in [-0.05, 0) is 79.6 Å². The predicted molar refractivity (Wildman–Crippen MR) is 202 cm³/mol. The maximum Gasteiger partial charge on any atom is 0.276 e. The van der Waals surface area contributed by atoms with Gasteiger partial charge in [-0.3, -0.25) is 24.2 Å². The SMILES string of the molecule is Cc1c(Nc2nccc3cc(CN4CC[C@@H](O)C4)cnc23)cccc1-c1cccc(NC(=O)c2cc3n(n2)CCCC3NC[C@@H]2CCC(=O)N2)c1Cl. The molecule has 0 spiro atoms. The first-order valence-corrected chi connectivity index (χ1v) is 18.4. The van der Waals surface area contributed by atoms with Crippen molar-refractivity contribution in [2.45, 2.75) is 70.3 Å². The van der Waals surface area contributed by atoms with Crippen molar-refractivity contribution in [3.63, 3.8) is 0 Å². The van der Waals surface area contributed by atoms with Crippen LogP contribution in [0, 0.1) is 6.92 Å². The molecule has 0 saturated carbocycles. The number of nitrogens with one attached hydrogen (secondary N) is 4. The molecule has 52 heavy (non-hydrogen) atoms. The Morgan fingerprint density at radius 2 is 1.88 bits per heavy atom. The molecule has 3 atom stereocenters. The number of halogens is 1. The fraction of sp³-hybridized carbons (Fsp3) is 0.359. The van der Waals surface area contributed by atoms with Crippen molar-refractivity contribution in [1.29, 1.82) is 0 Å². The highest BCUT2D eigenvalue weighted by Crippen LogP contribution is 2.38. The molecule has 5 aromatic rings. The van der Waals surface area contributed by atoms with Gasteiger partial charge in [0.15, 0.2) is 11.5 Å². The maximum absolute atomic E-state index is 13.5. The zero-order chi connectivity index (χ0) is 35.8. The van der Waals surface area contributed by atoms with Gasteiger partial charge in [0.2, 0.25) is 5.91 Å². The van der Waals surface area contributed by atoms with E-state index in [2.05, 4.69) is 42.3 Å². The maximum atomic E-state index is 13.5. The smallest absolute Gasteiger partial charge is 0.276 e. The van der Waals surface area contributed by atoms with Crippen molar-refractivity contribution in [3.05, 3.63) is 94.5 Å². The summed E-state index contributed by atoms with van der Waals surface area (Å²) in [6.45, 7) is 5.78. The van der Waals surface area contributed by atoms with Gasteiger partial charge in [0, 0.05) is 80.3 Å². The summed E-state index contributed by atoms with van der Waals surface area (Å²) in [6, 6.07) is 17.7. The molecule has 6 heterocycles. The summed E-state index contributed by atoms with van der Waals surface area (Å²) in [5.41, 5.74) is 7.20. The van der Waals surface area contributed by atoms with Crippen LogP contribution in [-0.4, -0.2) is 73.3 Å². The van der Waals surface area contributed by atoms with Crippen molar-refractivity contribution < 1.29 is 14.7 Å². The van der Waals surface area contributed by atoms with E-state index >= 15 is 0 Å². The second-order valence-corrected chi connectivity index (χ2v) is 14.4. The van der Waals surface area contributed by atoms with E-state index in [1.54, 1.807) is 12.3 Å². The van der Waals surface area contributed by atoms with E-state index < -0.39 is 0 Å². The first-order valence-electron chi connectivity index (χ1n) is 18.0. The minimum Gasteiger partial charge on any atom is -0.392 e. The van der Waals surface area contributed by atoms with Gasteiger partial charge in [-0.15, -0.1) is 0 Å². The Labute approximate surface area is 307 Å². The fourth-order valence-electron chi connectivity index (χ4n) is 7.63. The summed E-state index contributed by atoms with van der Waals surface area (Å²) in [5.74, 6) is 0.423. The van der Waals surface area contributed by atoms with Crippen LogP contribution in [0.4, 0.5) is 17.2 Å². The number of anilines is 3. The number of β-amino-alcohol motifs (C(OH)–C–C–N with tert-alkyl or cyclic N) is 1. The lowest BCUT2D eigenvalue weighted by molar-refractivity contribution is -0.119. The first kappa shape index (κ1) is 34.2. The van der Waals surface area contributed by atoms with Crippen LogP contribution in [0.2, 0.25) is 5.02 Å². The van der Waals surface area contributed by atoms with Crippen molar-refractivity contribution in [3.8, 4) is 11.1 Å². The molecule has 2 amide bonds. The van der Waals surface area contributed by atoms with E-state index in [-0.39, 0.29) is 30.0 Å². The Kier molecular flexibility index (Phi) is 9.63. The van der Waals surface area contributed by atoms with Crippen LogP contribution in [0.3, 0.4) is 0 Å². The molecule has 2 aromatic carbocycles. The first-order chi connectivity index (χ1) is 25.3. The molecule has 1 unspecified atom stereocenters.